The summed E-state index contributed by atoms with van der Waals surface area (Å²) in [5.74, 6) is 1.77. The number of ether oxygens (including phenoxy) is 1. The lowest BCUT2D eigenvalue weighted by Gasteiger charge is -2.72. The Labute approximate surface area is 208 Å². The van der Waals surface area contributed by atoms with Crippen molar-refractivity contribution in [2.45, 2.75) is 119 Å². The van der Waals surface area contributed by atoms with E-state index in [1.807, 2.05) is 0 Å². The number of aliphatic hydroxyl groups is 1. The molecule has 0 amide bonds. The number of rotatable bonds is 1. The first-order chi connectivity index (χ1) is 15.7. The number of methoxy groups -OCH3 is 1. The Hall–Kier alpha value is -0.830. The van der Waals surface area contributed by atoms with E-state index < -0.39 is 5.41 Å². The van der Waals surface area contributed by atoms with E-state index in [0.29, 0.717) is 23.2 Å². The molecule has 192 valence electrons. The van der Waals surface area contributed by atoms with Gasteiger partial charge in [-0.1, -0.05) is 60.1 Å². The molecule has 0 radical (unpaired) electrons. The van der Waals surface area contributed by atoms with Gasteiger partial charge in [-0.05, 0) is 109 Å². The highest BCUT2D eigenvalue weighted by atomic mass is 16.5. The number of carbonyl (C=O) groups excluding carboxylic acids is 1. The third-order valence-corrected chi connectivity index (χ3v) is 13.2. The van der Waals surface area contributed by atoms with Crippen LogP contribution < -0.4 is 0 Å². The third-order valence-electron chi connectivity index (χ3n) is 13.2. The fraction of sp³-hybridized carbons (Fsp3) is 0.903. The van der Waals surface area contributed by atoms with Crippen molar-refractivity contribution >= 4 is 5.97 Å². The summed E-state index contributed by atoms with van der Waals surface area (Å²) in [5, 5.41) is 10.9. The van der Waals surface area contributed by atoms with Crippen LogP contribution in [0.15, 0.2) is 11.6 Å². The minimum Gasteiger partial charge on any atom is -0.468 e. The molecule has 3 heteroatoms. The Bertz CT molecular complexity index is 900. The lowest BCUT2D eigenvalue weighted by molar-refractivity contribution is -0.230. The van der Waals surface area contributed by atoms with Gasteiger partial charge in [-0.15, -0.1) is 0 Å². The summed E-state index contributed by atoms with van der Waals surface area (Å²) in [6.45, 7) is 17.2. The molecule has 5 aliphatic carbocycles. The molecule has 5 aliphatic rings. The largest absolute Gasteiger partial charge is 0.468 e. The molecule has 0 aromatic carbocycles. The highest BCUT2D eigenvalue weighted by Crippen LogP contribution is 2.76. The van der Waals surface area contributed by atoms with E-state index in [9.17, 15) is 9.90 Å². The zero-order valence-electron chi connectivity index (χ0n) is 23.2. The molecular weight excluding hydrogens is 420 g/mol. The van der Waals surface area contributed by atoms with Gasteiger partial charge < -0.3 is 9.84 Å². The Morgan fingerprint density at radius 2 is 1.50 bits per heavy atom. The van der Waals surface area contributed by atoms with Crippen molar-refractivity contribution in [2.75, 3.05) is 7.11 Å². The van der Waals surface area contributed by atoms with Gasteiger partial charge in [0.2, 0.25) is 0 Å². The summed E-state index contributed by atoms with van der Waals surface area (Å²) in [4.78, 5) is 13.3. The lowest BCUT2D eigenvalue weighted by atomic mass is 9.32. The van der Waals surface area contributed by atoms with E-state index in [2.05, 4.69) is 54.5 Å². The van der Waals surface area contributed by atoms with Crippen molar-refractivity contribution in [1.29, 1.82) is 0 Å². The zero-order valence-corrected chi connectivity index (χ0v) is 23.2. The maximum absolute atomic E-state index is 13.3. The SMILES string of the molecule is COC(=O)[C@]12CCC(C)(C)C=C1[C@H]1CC[C@@H]3[C@@]4(C)CCC(O)C(C)(C)[C@@H]4CC[C@@]3(C)[C@]1(C)CC2. The third kappa shape index (κ3) is 2.94. The molecule has 3 nitrogen and oxygen atoms in total. The first-order valence-electron chi connectivity index (χ1n) is 14.2. The fourth-order valence-corrected chi connectivity index (χ4v) is 10.9. The Morgan fingerprint density at radius 3 is 2.18 bits per heavy atom. The van der Waals surface area contributed by atoms with Gasteiger partial charge in [0.15, 0.2) is 0 Å². The number of carbonyl (C=O) groups is 1. The van der Waals surface area contributed by atoms with Crippen LogP contribution in [0.4, 0.5) is 0 Å². The van der Waals surface area contributed by atoms with Crippen molar-refractivity contribution in [1.82, 2.24) is 0 Å². The molecule has 1 unspecified atom stereocenters. The topological polar surface area (TPSA) is 46.5 Å². The Kier molecular flexibility index (Phi) is 5.38. The van der Waals surface area contributed by atoms with Crippen LogP contribution in [0.5, 0.6) is 0 Å². The van der Waals surface area contributed by atoms with Crippen molar-refractivity contribution in [2.24, 2.45) is 50.2 Å². The van der Waals surface area contributed by atoms with Crippen LogP contribution >= 0.6 is 0 Å². The second-order valence-corrected chi connectivity index (χ2v) is 15.2. The summed E-state index contributed by atoms with van der Waals surface area (Å²) in [6, 6.07) is 0. The summed E-state index contributed by atoms with van der Waals surface area (Å²) in [6.07, 6.45) is 13.5. The van der Waals surface area contributed by atoms with E-state index in [1.165, 1.54) is 31.3 Å². The van der Waals surface area contributed by atoms with Gasteiger partial charge in [0.05, 0.1) is 18.6 Å². The van der Waals surface area contributed by atoms with E-state index >= 15 is 0 Å². The van der Waals surface area contributed by atoms with Gasteiger partial charge in [0.1, 0.15) is 0 Å². The minimum atomic E-state index is -0.393. The maximum Gasteiger partial charge on any atom is 0.315 e. The molecule has 0 heterocycles. The second-order valence-electron chi connectivity index (χ2n) is 15.2. The average molecular weight is 471 g/mol. The van der Waals surface area contributed by atoms with Crippen LogP contribution in [0.2, 0.25) is 0 Å². The van der Waals surface area contributed by atoms with Gasteiger partial charge in [0.25, 0.3) is 0 Å². The van der Waals surface area contributed by atoms with Gasteiger partial charge in [-0.25, -0.2) is 0 Å². The van der Waals surface area contributed by atoms with Gasteiger partial charge in [-0.3, -0.25) is 4.79 Å². The summed E-state index contributed by atoms with van der Waals surface area (Å²) in [7, 11) is 1.59. The van der Waals surface area contributed by atoms with Crippen molar-refractivity contribution < 1.29 is 14.6 Å². The van der Waals surface area contributed by atoms with Crippen molar-refractivity contribution in [3.63, 3.8) is 0 Å². The predicted octanol–water partition coefficient (Wildman–Crippen LogP) is 7.32. The smallest absolute Gasteiger partial charge is 0.315 e. The van der Waals surface area contributed by atoms with Gasteiger partial charge >= 0.3 is 5.97 Å². The zero-order chi connectivity index (χ0) is 24.9. The molecule has 1 N–H and O–H groups in total. The van der Waals surface area contributed by atoms with E-state index in [1.54, 1.807) is 7.11 Å². The fourth-order valence-electron chi connectivity index (χ4n) is 10.9. The van der Waals surface area contributed by atoms with Crippen LogP contribution in [-0.2, 0) is 9.53 Å². The monoisotopic (exact) mass is 470 g/mol. The molecule has 5 rings (SSSR count). The summed E-state index contributed by atoms with van der Waals surface area (Å²) < 4.78 is 5.48. The standard InChI is InChI=1S/C31H50O3/c1-26(2)15-17-31(25(33)34-8)18-16-29(6)20(21(31)19-26)9-10-23-28(5)13-12-24(32)27(3,4)22(28)11-14-30(23,29)7/h19-20,22-24,32H,9-18H2,1-8H3/t20-,22+,23-,24?,28+,29-,30-,31+/m1/s1. The van der Waals surface area contributed by atoms with E-state index in [0.717, 1.165) is 38.5 Å². The highest BCUT2D eigenvalue weighted by molar-refractivity contribution is 5.81. The lowest BCUT2D eigenvalue weighted by Crippen LogP contribution is -2.66. The molecule has 0 aliphatic heterocycles. The number of hydrogen-bond donors (Lipinski definition) is 1. The maximum atomic E-state index is 13.3. The quantitative estimate of drug-likeness (QED) is 0.322. The molecule has 0 saturated heterocycles. The molecule has 0 bridgehead atoms. The molecule has 0 aromatic heterocycles. The van der Waals surface area contributed by atoms with Gasteiger partial charge in [0, 0.05) is 0 Å². The number of hydrogen-bond acceptors (Lipinski definition) is 3. The molecule has 34 heavy (non-hydrogen) atoms. The van der Waals surface area contributed by atoms with Crippen molar-refractivity contribution in [3.8, 4) is 0 Å². The average Bonchev–Trinajstić information content (AvgIpc) is 2.76. The number of esters is 1. The molecule has 8 atom stereocenters. The minimum absolute atomic E-state index is 0.00535. The van der Waals surface area contributed by atoms with E-state index in [-0.39, 0.29) is 33.7 Å². The first-order valence-corrected chi connectivity index (χ1v) is 14.2. The van der Waals surface area contributed by atoms with E-state index in [4.69, 9.17) is 4.74 Å². The second kappa shape index (κ2) is 7.36. The molecule has 0 aromatic rings. The Balaban J connectivity index is 1.58. The highest BCUT2D eigenvalue weighted by Gasteiger charge is 2.69. The van der Waals surface area contributed by atoms with Crippen LogP contribution in [-0.4, -0.2) is 24.3 Å². The molecule has 0 spiro atoms. The summed E-state index contributed by atoms with van der Waals surface area (Å²) >= 11 is 0. The normalized spacial score (nSPS) is 51.1. The van der Waals surface area contributed by atoms with Gasteiger partial charge in [-0.2, -0.15) is 0 Å². The summed E-state index contributed by atoms with van der Waals surface area (Å²) in [5.41, 5.74) is 1.96. The first kappa shape index (κ1) is 24.8. The van der Waals surface area contributed by atoms with Crippen LogP contribution in [0.1, 0.15) is 113 Å². The number of aliphatic hydroxyl groups excluding tert-OH is 1. The van der Waals surface area contributed by atoms with Crippen molar-refractivity contribution in [3.05, 3.63) is 11.6 Å². The predicted molar refractivity (Wildman–Crippen MR) is 137 cm³/mol. The van der Waals surface area contributed by atoms with Crippen LogP contribution in [0.3, 0.4) is 0 Å². The van der Waals surface area contributed by atoms with Crippen LogP contribution in [0, 0.1) is 50.2 Å². The van der Waals surface area contributed by atoms with Crippen LogP contribution in [0.25, 0.3) is 0 Å². The Morgan fingerprint density at radius 1 is 0.824 bits per heavy atom. The molecule has 4 fully saturated rings. The molecule has 4 saturated carbocycles. The molecular formula is C31H50O3. The number of allylic oxidation sites excluding steroid dienone is 1. The number of fused-ring (bicyclic) bond motifs is 7.